The van der Waals surface area contributed by atoms with E-state index in [1.807, 2.05) is 66.7 Å². The molecular formula is C28H32N2O4. The molecule has 1 atom stereocenters. The molecule has 0 fully saturated rings. The molecule has 1 unspecified atom stereocenters. The van der Waals surface area contributed by atoms with Crippen LogP contribution in [0, 0.1) is 0 Å². The molecule has 0 spiro atoms. The van der Waals surface area contributed by atoms with Gasteiger partial charge in [-0.2, -0.15) is 5.10 Å². The third-order valence-corrected chi connectivity index (χ3v) is 5.22. The van der Waals surface area contributed by atoms with E-state index < -0.39 is 6.10 Å². The van der Waals surface area contributed by atoms with Crippen LogP contribution < -0.4 is 19.6 Å². The number of nitrogens with zero attached hydrogens (tertiary/aromatic N) is 1. The van der Waals surface area contributed by atoms with Crippen molar-refractivity contribution in [3.63, 3.8) is 0 Å². The molecule has 6 heteroatoms. The summed E-state index contributed by atoms with van der Waals surface area (Å²) in [5, 5.41) is 4.05. The van der Waals surface area contributed by atoms with Gasteiger partial charge in [-0.05, 0) is 59.4 Å². The summed E-state index contributed by atoms with van der Waals surface area (Å²) in [6.07, 6.45) is 0.854. The van der Waals surface area contributed by atoms with Crippen LogP contribution in [0.15, 0.2) is 77.9 Å². The SMILES string of the molecule is COc1cc(/C=N/NC(=O)C(C)Oc2ccc(C(C)(C)C)cc2)ccc1OCc1ccccc1. The van der Waals surface area contributed by atoms with Gasteiger partial charge in [-0.1, -0.05) is 63.2 Å². The van der Waals surface area contributed by atoms with Crippen molar-refractivity contribution in [3.8, 4) is 17.2 Å². The molecule has 0 aromatic heterocycles. The molecule has 3 rings (SSSR count). The van der Waals surface area contributed by atoms with Crippen molar-refractivity contribution in [2.24, 2.45) is 5.10 Å². The summed E-state index contributed by atoms with van der Waals surface area (Å²) in [7, 11) is 1.58. The summed E-state index contributed by atoms with van der Waals surface area (Å²) >= 11 is 0. The number of methoxy groups -OCH3 is 1. The lowest BCUT2D eigenvalue weighted by Crippen LogP contribution is -2.33. The molecular weight excluding hydrogens is 428 g/mol. The van der Waals surface area contributed by atoms with Crippen molar-refractivity contribution in [1.82, 2.24) is 5.43 Å². The minimum atomic E-state index is -0.694. The van der Waals surface area contributed by atoms with Crippen LogP contribution in [0.5, 0.6) is 17.2 Å². The molecule has 0 aliphatic carbocycles. The molecule has 178 valence electrons. The topological polar surface area (TPSA) is 69.2 Å². The van der Waals surface area contributed by atoms with Gasteiger partial charge in [0, 0.05) is 0 Å². The fourth-order valence-corrected chi connectivity index (χ4v) is 3.17. The average molecular weight is 461 g/mol. The quantitative estimate of drug-likeness (QED) is 0.339. The fourth-order valence-electron chi connectivity index (χ4n) is 3.17. The second kappa shape index (κ2) is 11.4. The van der Waals surface area contributed by atoms with E-state index in [9.17, 15) is 4.79 Å². The Hall–Kier alpha value is -3.80. The third kappa shape index (κ3) is 7.10. The van der Waals surface area contributed by atoms with E-state index in [0.29, 0.717) is 23.9 Å². The van der Waals surface area contributed by atoms with Gasteiger partial charge in [0.05, 0.1) is 13.3 Å². The summed E-state index contributed by atoms with van der Waals surface area (Å²) in [4.78, 5) is 12.4. The van der Waals surface area contributed by atoms with Crippen molar-refractivity contribution < 1.29 is 19.0 Å². The Labute approximate surface area is 201 Å². The number of hydrogen-bond donors (Lipinski definition) is 1. The average Bonchev–Trinajstić information content (AvgIpc) is 2.83. The zero-order chi connectivity index (χ0) is 24.6. The molecule has 0 saturated carbocycles. The molecule has 3 aromatic rings. The molecule has 6 nitrogen and oxygen atoms in total. The third-order valence-electron chi connectivity index (χ3n) is 5.22. The van der Waals surface area contributed by atoms with Crippen molar-refractivity contribution in [1.29, 1.82) is 0 Å². The molecule has 0 saturated heterocycles. The van der Waals surface area contributed by atoms with E-state index in [-0.39, 0.29) is 11.3 Å². The lowest BCUT2D eigenvalue weighted by Gasteiger charge is -2.20. The second-order valence-electron chi connectivity index (χ2n) is 8.95. The van der Waals surface area contributed by atoms with Crippen LogP contribution in [0.3, 0.4) is 0 Å². The minimum Gasteiger partial charge on any atom is -0.493 e. The fraction of sp³-hybridized carbons (Fsp3) is 0.286. The van der Waals surface area contributed by atoms with Gasteiger partial charge in [0.1, 0.15) is 12.4 Å². The number of hydrazone groups is 1. The Morgan fingerprint density at radius 2 is 1.71 bits per heavy atom. The van der Waals surface area contributed by atoms with E-state index in [4.69, 9.17) is 14.2 Å². The first kappa shape index (κ1) is 24.8. The van der Waals surface area contributed by atoms with Gasteiger partial charge in [0.25, 0.3) is 5.91 Å². The normalized spacial score (nSPS) is 12.3. The minimum absolute atomic E-state index is 0.0607. The summed E-state index contributed by atoms with van der Waals surface area (Å²) in [6.45, 7) is 8.58. The highest BCUT2D eigenvalue weighted by atomic mass is 16.5. The number of carbonyl (C=O) groups is 1. The smallest absolute Gasteiger partial charge is 0.280 e. The Balaban J connectivity index is 1.53. The number of carbonyl (C=O) groups excluding carboxylic acids is 1. The lowest BCUT2D eigenvalue weighted by atomic mass is 9.87. The molecule has 0 aliphatic rings. The van der Waals surface area contributed by atoms with Gasteiger partial charge in [0.15, 0.2) is 17.6 Å². The largest absolute Gasteiger partial charge is 0.493 e. The molecule has 3 aromatic carbocycles. The Morgan fingerprint density at radius 1 is 1.00 bits per heavy atom. The predicted molar refractivity (Wildman–Crippen MR) is 135 cm³/mol. The van der Waals surface area contributed by atoms with Crippen LogP contribution in [0.1, 0.15) is 44.4 Å². The first-order chi connectivity index (χ1) is 16.3. The van der Waals surface area contributed by atoms with Crippen LogP contribution in [0.25, 0.3) is 0 Å². The summed E-state index contributed by atoms with van der Waals surface area (Å²) in [5.74, 6) is 1.51. The maximum Gasteiger partial charge on any atom is 0.280 e. The van der Waals surface area contributed by atoms with E-state index in [0.717, 1.165) is 11.1 Å². The molecule has 34 heavy (non-hydrogen) atoms. The van der Waals surface area contributed by atoms with E-state index >= 15 is 0 Å². The highest BCUT2D eigenvalue weighted by molar-refractivity contribution is 5.84. The van der Waals surface area contributed by atoms with Crippen LogP contribution in [-0.2, 0) is 16.8 Å². The summed E-state index contributed by atoms with van der Waals surface area (Å²) in [6, 6.07) is 23.1. The van der Waals surface area contributed by atoms with Gasteiger partial charge in [-0.15, -0.1) is 0 Å². The van der Waals surface area contributed by atoms with Crippen LogP contribution >= 0.6 is 0 Å². The maximum absolute atomic E-state index is 12.4. The van der Waals surface area contributed by atoms with Gasteiger partial charge in [-0.25, -0.2) is 5.43 Å². The maximum atomic E-state index is 12.4. The zero-order valence-corrected chi connectivity index (χ0v) is 20.4. The molecule has 0 heterocycles. The molecule has 1 N–H and O–H groups in total. The van der Waals surface area contributed by atoms with Gasteiger partial charge in [0.2, 0.25) is 0 Å². The predicted octanol–water partition coefficient (Wildman–Crippen LogP) is 5.49. The van der Waals surface area contributed by atoms with Crippen LogP contribution in [0.2, 0.25) is 0 Å². The van der Waals surface area contributed by atoms with E-state index in [1.165, 1.54) is 5.56 Å². The molecule has 0 aliphatic heterocycles. The van der Waals surface area contributed by atoms with Gasteiger partial charge < -0.3 is 14.2 Å². The second-order valence-corrected chi connectivity index (χ2v) is 8.95. The van der Waals surface area contributed by atoms with Crippen molar-refractivity contribution in [2.45, 2.75) is 45.8 Å². The molecule has 0 radical (unpaired) electrons. The number of hydrogen-bond acceptors (Lipinski definition) is 5. The Bertz CT molecular complexity index is 1100. The van der Waals surface area contributed by atoms with E-state index in [1.54, 1.807) is 26.3 Å². The number of benzene rings is 3. The Morgan fingerprint density at radius 3 is 2.35 bits per heavy atom. The Kier molecular flexibility index (Phi) is 8.30. The monoisotopic (exact) mass is 460 g/mol. The standard InChI is InChI=1S/C28H32N2O4/c1-20(34-24-14-12-23(13-15-24)28(2,3)4)27(31)30-29-18-22-11-16-25(26(17-22)32-5)33-19-21-9-7-6-8-10-21/h6-18,20H,19H2,1-5H3,(H,30,31)/b29-18+. The van der Waals surface area contributed by atoms with Crippen LogP contribution in [0.4, 0.5) is 0 Å². The van der Waals surface area contributed by atoms with E-state index in [2.05, 4.69) is 31.3 Å². The highest BCUT2D eigenvalue weighted by Crippen LogP contribution is 2.28. The highest BCUT2D eigenvalue weighted by Gasteiger charge is 2.16. The number of ether oxygens (including phenoxy) is 3. The molecule has 0 bridgehead atoms. The zero-order valence-electron chi connectivity index (χ0n) is 20.4. The van der Waals surface area contributed by atoms with Gasteiger partial charge in [-0.3, -0.25) is 4.79 Å². The first-order valence-electron chi connectivity index (χ1n) is 11.2. The van der Waals surface area contributed by atoms with Crippen LogP contribution in [-0.4, -0.2) is 25.3 Å². The van der Waals surface area contributed by atoms with Gasteiger partial charge >= 0.3 is 0 Å². The van der Waals surface area contributed by atoms with Crippen molar-refractivity contribution >= 4 is 12.1 Å². The number of nitrogens with one attached hydrogen (secondary N) is 1. The molecule has 1 amide bonds. The first-order valence-corrected chi connectivity index (χ1v) is 11.2. The summed E-state index contributed by atoms with van der Waals surface area (Å²) in [5.41, 5.74) is 5.61. The lowest BCUT2D eigenvalue weighted by molar-refractivity contribution is -0.127. The summed E-state index contributed by atoms with van der Waals surface area (Å²) < 4.78 is 17.1. The van der Waals surface area contributed by atoms with Crippen molar-refractivity contribution in [2.75, 3.05) is 7.11 Å². The van der Waals surface area contributed by atoms with Crippen molar-refractivity contribution in [3.05, 3.63) is 89.5 Å². The number of amides is 1. The number of rotatable bonds is 9.